The van der Waals surface area contributed by atoms with E-state index in [2.05, 4.69) is 19.1 Å². The lowest BCUT2D eigenvalue weighted by Gasteiger charge is -2.23. The largest absolute Gasteiger partial charge is 0.391 e. The van der Waals surface area contributed by atoms with Gasteiger partial charge in [-0.3, -0.25) is 0 Å². The molecule has 2 rings (SSSR count). The molecule has 0 aliphatic heterocycles. The Bertz CT molecular complexity index is 416. The van der Waals surface area contributed by atoms with E-state index in [1.54, 1.807) is 6.08 Å². The van der Waals surface area contributed by atoms with Gasteiger partial charge in [0.15, 0.2) is 0 Å². The van der Waals surface area contributed by atoms with Crippen LogP contribution in [0.1, 0.15) is 46.0 Å². The Balaban J connectivity index is 1.59. The van der Waals surface area contributed by atoms with E-state index in [-0.39, 0.29) is 12.7 Å². The molecule has 0 amide bonds. The van der Waals surface area contributed by atoms with Crippen molar-refractivity contribution >= 4 is 0 Å². The summed E-state index contributed by atoms with van der Waals surface area (Å²) in [4.78, 5) is 0. The number of aliphatic hydroxyl groups excluding tert-OH is 2. The maximum atomic E-state index is 10.1. The summed E-state index contributed by atoms with van der Waals surface area (Å²) in [5, 5.41) is 20.0. The fourth-order valence-electron chi connectivity index (χ4n) is 3.27. The Morgan fingerprint density at radius 3 is 2.68 bits per heavy atom. The maximum Gasteiger partial charge on any atom is 0.105 e. The quantitative estimate of drug-likeness (QED) is 0.676. The molecule has 2 unspecified atom stereocenters. The molecule has 0 aromatic heterocycles. The SMILES string of the molecule is CC1=CC(O)[C@H](OCC(O)CC[C@H](C)CC2CC=CC2)C=C1. The molecule has 0 fully saturated rings. The molecule has 124 valence electrons. The Kier molecular flexibility index (Phi) is 6.87. The highest BCUT2D eigenvalue weighted by atomic mass is 16.5. The van der Waals surface area contributed by atoms with Crippen LogP contribution in [0.4, 0.5) is 0 Å². The van der Waals surface area contributed by atoms with E-state index in [1.165, 1.54) is 19.3 Å². The molecule has 2 aliphatic carbocycles. The van der Waals surface area contributed by atoms with E-state index in [4.69, 9.17) is 4.74 Å². The highest BCUT2D eigenvalue weighted by Gasteiger charge is 2.20. The van der Waals surface area contributed by atoms with Crippen LogP contribution in [0.3, 0.4) is 0 Å². The van der Waals surface area contributed by atoms with Crippen LogP contribution in [0.5, 0.6) is 0 Å². The summed E-state index contributed by atoms with van der Waals surface area (Å²) >= 11 is 0. The lowest BCUT2D eigenvalue weighted by molar-refractivity contribution is -0.0342. The first-order valence-electron chi connectivity index (χ1n) is 8.54. The number of rotatable bonds is 8. The van der Waals surface area contributed by atoms with Gasteiger partial charge in [-0.05, 0) is 50.9 Å². The summed E-state index contributed by atoms with van der Waals surface area (Å²) < 4.78 is 5.63. The third kappa shape index (κ3) is 5.71. The molecule has 0 radical (unpaired) electrons. The van der Waals surface area contributed by atoms with Crippen molar-refractivity contribution in [2.24, 2.45) is 11.8 Å². The summed E-state index contributed by atoms with van der Waals surface area (Å²) in [5.74, 6) is 1.45. The van der Waals surface area contributed by atoms with Gasteiger partial charge in [-0.25, -0.2) is 0 Å². The minimum Gasteiger partial charge on any atom is -0.391 e. The fraction of sp³-hybridized carbons (Fsp3) is 0.684. The van der Waals surface area contributed by atoms with Crippen LogP contribution in [0.2, 0.25) is 0 Å². The number of hydrogen-bond donors (Lipinski definition) is 2. The van der Waals surface area contributed by atoms with Crippen LogP contribution in [-0.4, -0.2) is 35.1 Å². The second kappa shape index (κ2) is 8.66. The molecule has 0 saturated carbocycles. The summed E-state index contributed by atoms with van der Waals surface area (Å²) in [6, 6.07) is 0. The first-order valence-corrected chi connectivity index (χ1v) is 8.54. The fourth-order valence-corrected chi connectivity index (χ4v) is 3.27. The molecule has 4 atom stereocenters. The smallest absolute Gasteiger partial charge is 0.105 e. The minimum absolute atomic E-state index is 0.288. The van der Waals surface area contributed by atoms with Crippen molar-refractivity contribution < 1.29 is 14.9 Å². The van der Waals surface area contributed by atoms with Gasteiger partial charge in [0.25, 0.3) is 0 Å². The average molecular weight is 306 g/mol. The lowest BCUT2D eigenvalue weighted by Crippen LogP contribution is -2.31. The van der Waals surface area contributed by atoms with Crippen molar-refractivity contribution in [3.05, 3.63) is 36.0 Å². The van der Waals surface area contributed by atoms with E-state index in [9.17, 15) is 10.2 Å². The van der Waals surface area contributed by atoms with E-state index in [0.717, 1.165) is 24.3 Å². The van der Waals surface area contributed by atoms with E-state index >= 15 is 0 Å². The van der Waals surface area contributed by atoms with Gasteiger partial charge < -0.3 is 14.9 Å². The zero-order chi connectivity index (χ0) is 15.9. The zero-order valence-corrected chi connectivity index (χ0v) is 13.8. The number of allylic oxidation sites excluding steroid dienone is 4. The Morgan fingerprint density at radius 2 is 2.00 bits per heavy atom. The van der Waals surface area contributed by atoms with Crippen molar-refractivity contribution in [2.45, 2.75) is 64.3 Å². The summed E-state index contributed by atoms with van der Waals surface area (Å²) in [6.07, 6.45) is 14.2. The predicted molar refractivity (Wildman–Crippen MR) is 89.5 cm³/mol. The van der Waals surface area contributed by atoms with Crippen LogP contribution in [0, 0.1) is 11.8 Å². The maximum absolute atomic E-state index is 10.1. The highest BCUT2D eigenvalue weighted by Crippen LogP contribution is 2.27. The van der Waals surface area contributed by atoms with Gasteiger partial charge in [-0.2, -0.15) is 0 Å². The zero-order valence-electron chi connectivity index (χ0n) is 13.8. The molecule has 0 bridgehead atoms. The first-order chi connectivity index (χ1) is 10.5. The van der Waals surface area contributed by atoms with Crippen LogP contribution in [-0.2, 0) is 4.74 Å². The van der Waals surface area contributed by atoms with Gasteiger partial charge in [0.1, 0.15) is 12.2 Å². The summed E-state index contributed by atoms with van der Waals surface area (Å²) in [5.41, 5.74) is 1.04. The first kappa shape index (κ1) is 17.5. The second-order valence-corrected chi connectivity index (χ2v) is 6.94. The molecular weight excluding hydrogens is 276 g/mol. The van der Waals surface area contributed by atoms with E-state index in [0.29, 0.717) is 5.92 Å². The molecule has 2 aliphatic rings. The molecule has 0 saturated heterocycles. The standard InChI is InChI=1S/C19H30O3/c1-14(11-16-5-3-4-6-16)7-9-17(20)13-22-19-10-8-15(2)12-18(19)21/h3-4,8,10,12,14,16-21H,5-7,9,11,13H2,1-2H3/t14-,17?,18?,19+/m0/s1. The predicted octanol–water partition coefficient (Wildman–Crippen LogP) is 3.38. The van der Waals surface area contributed by atoms with E-state index < -0.39 is 12.2 Å². The van der Waals surface area contributed by atoms with Crippen molar-refractivity contribution in [1.82, 2.24) is 0 Å². The normalized spacial score (nSPS) is 27.9. The number of hydrogen-bond acceptors (Lipinski definition) is 3. The molecular formula is C19H30O3. The van der Waals surface area contributed by atoms with Gasteiger partial charge in [0.2, 0.25) is 0 Å². The molecule has 0 heterocycles. The van der Waals surface area contributed by atoms with Gasteiger partial charge in [-0.15, -0.1) is 0 Å². The second-order valence-electron chi connectivity index (χ2n) is 6.94. The van der Waals surface area contributed by atoms with Gasteiger partial charge in [0, 0.05) is 0 Å². The van der Waals surface area contributed by atoms with Gasteiger partial charge >= 0.3 is 0 Å². The van der Waals surface area contributed by atoms with Crippen LogP contribution in [0.15, 0.2) is 36.0 Å². The Morgan fingerprint density at radius 1 is 1.27 bits per heavy atom. The summed E-state index contributed by atoms with van der Waals surface area (Å²) in [7, 11) is 0. The third-order valence-electron chi connectivity index (χ3n) is 4.63. The van der Waals surface area contributed by atoms with Gasteiger partial charge in [0.05, 0.1) is 12.7 Å². The minimum atomic E-state index is -0.606. The summed E-state index contributed by atoms with van der Waals surface area (Å²) in [6.45, 7) is 4.51. The van der Waals surface area contributed by atoms with Crippen molar-refractivity contribution in [2.75, 3.05) is 6.61 Å². The van der Waals surface area contributed by atoms with E-state index in [1.807, 2.05) is 19.1 Å². The van der Waals surface area contributed by atoms with Crippen molar-refractivity contribution in [3.8, 4) is 0 Å². The third-order valence-corrected chi connectivity index (χ3v) is 4.63. The Hall–Kier alpha value is -0.900. The average Bonchev–Trinajstić information content (AvgIpc) is 2.97. The monoisotopic (exact) mass is 306 g/mol. The number of ether oxygens (including phenoxy) is 1. The van der Waals surface area contributed by atoms with Crippen LogP contribution in [0.25, 0.3) is 0 Å². The topological polar surface area (TPSA) is 49.7 Å². The van der Waals surface area contributed by atoms with Gasteiger partial charge in [-0.1, -0.05) is 42.9 Å². The molecule has 3 nitrogen and oxygen atoms in total. The lowest BCUT2D eigenvalue weighted by atomic mass is 9.90. The molecule has 3 heteroatoms. The number of aliphatic hydroxyl groups is 2. The van der Waals surface area contributed by atoms with Crippen molar-refractivity contribution in [1.29, 1.82) is 0 Å². The molecule has 0 aromatic carbocycles. The Labute approximate surface area is 134 Å². The van der Waals surface area contributed by atoms with Crippen LogP contribution < -0.4 is 0 Å². The van der Waals surface area contributed by atoms with Crippen LogP contribution >= 0.6 is 0 Å². The molecule has 22 heavy (non-hydrogen) atoms. The molecule has 2 N–H and O–H groups in total. The molecule has 0 aromatic rings. The molecule has 0 spiro atoms. The highest BCUT2D eigenvalue weighted by molar-refractivity contribution is 5.25. The van der Waals surface area contributed by atoms with Crippen molar-refractivity contribution in [3.63, 3.8) is 0 Å².